The van der Waals surface area contributed by atoms with E-state index >= 15 is 0 Å². The van der Waals surface area contributed by atoms with Gasteiger partial charge in [-0.15, -0.1) is 10.2 Å². The van der Waals surface area contributed by atoms with Gasteiger partial charge in [-0.3, -0.25) is 8.87 Å². The molecule has 0 radical (unpaired) electrons. The first kappa shape index (κ1) is 28.8. The molecule has 9 nitrogen and oxygen atoms in total. The van der Waals surface area contributed by atoms with E-state index in [-0.39, 0.29) is 0 Å². The number of methoxy groups -OCH3 is 3. The second-order valence-corrected chi connectivity index (χ2v) is 11.6. The molecule has 4 aromatic rings. The molecule has 39 heavy (non-hydrogen) atoms. The van der Waals surface area contributed by atoms with Gasteiger partial charge in [-0.2, -0.15) is 5.26 Å². The molecule has 0 bridgehead atoms. The first-order valence-electron chi connectivity index (χ1n) is 11.9. The Kier molecular flexibility index (Phi) is 10.6. The maximum atomic E-state index is 9.09. The van der Waals surface area contributed by atoms with Crippen molar-refractivity contribution in [2.45, 2.75) is 6.42 Å². The Bertz CT molecular complexity index is 1410. The summed E-state index contributed by atoms with van der Waals surface area (Å²) >= 11 is 3.98. The monoisotopic (exact) mass is 674 g/mol. The maximum absolute atomic E-state index is 9.09. The molecule has 0 aliphatic carbocycles. The zero-order valence-electron chi connectivity index (χ0n) is 21.7. The van der Waals surface area contributed by atoms with Gasteiger partial charge < -0.3 is 14.2 Å². The summed E-state index contributed by atoms with van der Waals surface area (Å²) in [5.41, 5.74) is 3.11. The van der Waals surface area contributed by atoms with Crippen molar-refractivity contribution >= 4 is 48.0 Å². The zero-order chi connectivity index (χ0) is 27.6. The summed E-state index contributed by atoms with van der Waals surface area (Å²) in [6, 6.07) is 21.0. The van der Waals surface area contributed by atoms with Gasteiger partial charge in [0.15, 0.2) is 5.82 Å². The third-order valence-electron chi connectivity index (χ3n) is 5.75. The van der Waals surface area contributed by atoms with Gasteiger partial charge in [0.1, 0.15) is 22.9 Å². The number of benzene rings is 2. The average molecular weight is 675 g/mol. The molecule has 2 heterocycles. The van der Waals surface area contributed by atoms with Crippen molar-refractivity contribution in [3.63, 3.8) is 0 Å². The normalized spacial score (nSPS) is 10.6. The van der Waals surface area contributed by atoms with Crippen LogP contribution in [0.2, 0.25) is 0 Å². The van der Waals surface area contributed by atoms with Gasteiger partial charge in [0, 0.05) is 24.1 Å². The molecule has 0 saturated carbocycles. The predicted molar refractivity (Wildman–Crippen MR) is 165 cm³/mol. The Morgan fingerprint density at radius 2 is 1.64 bits per heavy atom. The summed E-state index contributed by atoms with van der Waals surface area (Å²) in [7, 11) is 6.57. The number of para-hydroxylation sites is 1. The van der Waals surface area contributed by atoms with E-state index in [0.29, 0.717) is 46.1 Å². The van der Waals surface area contributed by atoms with Crippen molar-refractivity contribution < 1.29 is 14.2 Å². The Hall–Kier alpha value is -3.15. The first-order chi connectivity index (χ1) is 19.1. The largest absolute Gasteiger partial charge is 0.494 e. The highest BCUT2D eigenvalue weighted by atomic mass is 127. The number of pyridine rings is 1. The number of anilines is 1. The molecule has 0 spiro atoms. The SMILES string of the molecule is COc1cccc(-c2nnc(N(CCSI)SCCc3ccc(C#N)cc3)n2-c2c(OC)cccc2OC)n1. The van der Waals surface area contributed by atoms with Crippen LogP contribution in [-0.4, -0.2) is 59.1 Å². The highest BCUT2D eigenvalue weighted by Gasteiger charge is 2.26. The maximum Gasteiger partial charge on any atom is 0.242 e. The molecule has 0 aliphatic rings. The number of aromatic nitrogens is 4. The van der Waals surface area contributed by atoms with E-state index in [9.17, 15) is 0 Å². The molecule has 0 fully saturated rings. The number of ether oxygens (including phenoxy) is 3. The quantitative estimate of drug-likeness (QED) is 0.124. The molecule has 2 aromatic heterocycles. The van der Waals surface area contributed by atoms with Crippen LogP contribution < -0.4 is 18.5 Å². The van der Waals surface area contributed by atoms with E-state index in [1.807, 2.05) is 59.2 Å². The predicted octanol–water partition coefficient (Wildman–Crippen LogP) is 6.01. The van der Waals surface area contributed by atoms with Gasteiger partial charge >= 0.3 is 0 Å². The molecule has 0 saturated heterocycles. The van der Waals surface area contributed by atoms with Crippen LogP contribution in [-0.2, 0) is 6.42 Å². The number of halogens is 1. The van der Waals surface area contributed by atoms with Crippen LogP contribution in [0, 0.1) is 11.3 Å². The van der Waals surface area contributed by atoms with Crippen LogP contribution in [0.5, 0.6) is 17.4 Å². The minimum absolute atomic E-state index is 0.477. The summed E-state index contributed by atoms with van der Waals surface area (Å²) in [6.07, 6.45) is 0.834. The van der Waals surface area contributed by atoms with Crippen molar-refractivity contribution in [1.29, 1.82) is 5.26 Å². The molecule has 2 aromatic carbocycles. The molecular weight excluding hydrogens is 647 g/mol. The zero-order valence-corrected chi connectivity index (χ0v) is 25.5. The van der Waals surface area contributed by atoms with Crippen LogP contribution in [0.25, 0.3) is 17.2 Å². The highest BCUT2D eigenvalue weighted by molar-refractivity contribution is 14.2. The highest BCUT2D eigenvalue weighted by Crippen LogP contribution is 2.39. The number of nitrogens with zero attached hydrogens (tertiary/aromatic N) is 6. The number of nitriles is 1. The van der Waals surface area contributed by atoms with E-state index < -0.39 is 0 Å². The second-order valence-electron chi connectivity index (χ2n) is 8.04. The molecule has 0 N–H and O–H groups in total. The Morgan fingerprint density at radius 1 is 0.923 bits per heavy atom. The lowest BCUT2D eigenvalue weighted by molar-refractivity contribution is 0.391. The molecule has 0 aliphatic heterocycles. The van der Waals surface area contributed by atoms with E-state index in [1.165, 1.54) is 5.56 Å². The summed E-state index contributed by atoms with van der Waals surface area (Å²) < 4.78 is 21.0. The molecular formula is C27H27IN6O3S2. The Morgan fingerprint density at radius 3 is 2.28 bits per heavy atom. The average Bonchev–Trinajstić information content (AvgIpc) is 3.43. The van der Waals surface area contributed by atoms with Crippen LogP contribution >= 0.6 is 42.1 Å². The lowest BCUT2D eigenvalue weighted by Crippen LogP contribution is -2.23. The smallest absolute Gasteiger partial charge is 0.242 e. The van der Waals surface area contributed by atoms with Gasteiger partial charge in [-0.05, 0) is 75.5 Å². The lowest BCUT2D eigenvalue weighted by atomic mass is 10.1. The standard InChI is InChI=1S/C27H27IN6O3S2/c1-35-22-7-5-8-23(36-2)25(22)34-26(21-6-4-9-24(30-21)37-3)31-32-27(34)33(15-17-38-28)39-16-14-19-10-12-20(18-29)13-11-19/h4-13H,14-17H2,1-3H3. The fourth-order valence-electron chi connectivity index (χ4n) is 3.87. The topological polar surface area (TPSA) is 98.3 Å². The Balaban J connectivity index is 1.78. The molecule has 0 unspecified atom stereocenters. The minimum Gasteiger partial charge on any atom is -0.494 e. The minimum atomic E-state index is 0.477. The molecule has 0 amide bonds. The Labute approximate surface area is 248 Å². The van der Waals surface area contributed by atoms with Gasteiger partial charge in [-0.25, -0.2) is 4.98 Å². The van der Waals surface area contributed by atoms with E-state index in [4.69, 9.17) is 19.5 Å². The van der Waals surface area contributed by atoms with Crippen molar-refractivity contribution in [3.8, 4) is 40.7 Å². The van der Waals surface area contributed by atoms with E-state index in [1.54, 1.807) is 48.3 Å². The second kappa shape index (κ2) is 14.3. The molecule has 4 rings (SSSR count). The molecule has 0 atom stereocenters. The number of hydrogen-bond acceptors (Lipinski definition) is 10. The van der Waals surface area contributed by atoms with Crippen molar-refractivity contribution in [2.24, 2.45) is 0 Å². The van der Waals surface area contributed by atoms with E-state index in [2.05, 4.69) is 46.8 Å². The van der Waals surface area contributed by atoms with Crippen LogP contribution in [0.1, 0.15) is 11.1 Å². The van der Waals surface area contributed by atoms with Crippen molar-refractivity contribution in [1.82, 2.24) is 19.7 Å². The van der Waals surface area contributed by atoms with Crippen LogP contribution in [0.15, 0.2) is 60.7 Å². The van der Waals surface area contributed by atoms with Gasteiger partial charge in [0.2, 0.25) is 11.8 Å². The summed E-state index contributed by atoms with van der Waals surface area (Å²) in [4.78, 5) is 4.63. The molecule has 202 valence electrons. The van der Waals surface area contributed by atoms with Gasteiger partial charge in [0.05, 0.1) is 33.0 Å². The fraction of sp³-hybridized carbons (Fsp3) is 0.259. The first-order valence-corrected chi connectivity index (χ1v) is 16.4. The third-order valence-corrected chi connectivity index (χ3v) is 8.45. The van der Waals surface area contributed by atoms with Crippen molar-refractivity contribution in [2.75, 3.05) is 43.7 Å². The fourth-order valence-corrected chi connectivity index (χ4v) is 5.83. The lowest BCUT2D eigenvalue weighted by Gasteiger charge is -2.24. The number of hydrogen-bond donors (Lipinski definition) is 0. The van der Waals surface area contributed by atoms with Gasteiger partial charge in [-0.1, -0.05) is 33.2 Å². The van der Waals surface area contributed by atoms with Crippen LogP contribution in [0.3, 0.4) is 0 Å². The van der Waals surface area contributed by atoms with Crippen molar-refractivity contribution in [3.05, 3.63) is 71.8 Å². The summed E-state index contributed by atoms with van der Waals surface area (Å²) in [5, 5.41) is 18.3. The van der Waals surface area contributed by atoms with Crippen LogP contribution in [0.4, 0.5) is 5.95 Å². The van der Waals surface area contributed by atoms with Gasteiger partial charge in [0.25, 0.3) is 0 Å². The van der Waals surface area contributed by atoms with E-state index in [0.717, 1.165) is 24.5 Å². The number of aryl methyl sites for hydroxylation is 1. The molecule has 12 heteroatoms. The third kappa shape index (κ3) is 6.90. The summed E-state index contributed by atoms with van der Waals surface area (Å²) in [6.45, 7) is 0.729. The number of rotatable bonds is 13. The summed E-state index contributed by atoms with van der Waals surface area (Å²) in [5.74, 6) is 4.56.